The maximum atomic E-state index is 12.9. The lowest BCUT2D eigenvalue weighted by molar-refractivity contribution is -0.131. The second-order valence-corrected chi connectivity index (χ2v) is 8.51. The van der Waals surface area contributed by atoms with Crippen LogP contribution in [0.4, 0.5) is 0 Å². The normalized spacial score (nSPS) is 17.4. The minimum Gasteiger partial charge on any atom is -0.336 e. The fourth-order valence-corrected chi connectivity index (χ4v) is 4.98. The van der Waals surface area contributed by atoms with Crippen molar-refractivity contribution in [1.82, 2.24) is 19.7 Å². The molecule has 0 radical (unpaired) electrons. The highest BCUT2D eigenvalue weighted by molar-refractivity contribution is 7.99. The molecule has 0 bridgehead atoms. The summed E-state index contributed by atoms with van der Waals surface area (Å²) in [5, 5.41) is 9.63. The molecule has 5 nitrogen and oxygen atoms in total. The van der Waals surface area contributed by atoms with Gasteiger partial charge in [0.05, 0.1) is 5.75 Å². The van der Waals surface area contributed by atoms with Gasteiger partial charge in [-0.15, -0.1) is 10.2 Å². The summed E-state index contributed by atoms with van der Waals surface area (Å²) in [7, 11) is 0. The summed E-state index contributed by atoms with van der Waals surface area (Å²) in [5.74, 6) is 1.72. The van der Waals surface area contributed by atoms with Crippen molar-refractivity contribution in [2.75, 3.05) is 5.75 Å². The summed E-state index contributed by atoms with van der Waals surface area (Å²) in [5.41, 5.74) is 1.23. The van der Waals surface area contributed by atoms with E-state index in [-0.39, 0.29) is 5.91 Å². The number of rotatable bonds is 8. The Bertz CT molecular complexity index is 766. The van der Waals surface area contributed by atoms with E-state index in [1.807, 2.05) is 18.2 Å². The molecule has 0 spiro atoms. The Morgan fingerprint density at radius 1 is 1.11 bits per heavy atom. The summed E-state index contributed by atoms with van der Waals surface area (Å²) >= 11 is 1.54. The number of hydrogen-bond acceptors (Lipinski definition) is 4. The Labute approximate surface area is 165 Å². The van der Waals surface area contributed by atoms with Gasteiger partial charge in [-0.25, -0.2) is 0 Å². The van der Waals surface area contributed by atoms with Crippen molar-refractivity contribution in [1.29, 1.82) is 0 Å². The molecular formula is C21H28N4OS. The van der Waals surface area contributed by atoms with Crippen LogP contribution in [0.5, 0.6) is 0 Å². The van der Waals surface area contributed by atoms with Crippen LogP contribution < -0.4 is 0 Å². The number of carbonyl (C=O) groups excluding carboxylic acids is 1. The van der Waals surface area contributed by atoms with E-state index in [4.69, 9.17) is 0 Å². The number of thioether (sulfide) groups is 1. The molecule has 1 heterocycles. The zero-order valence-electron chi connectivity index (χ0n) is 16.0. The van der Waals surface area contributed by atoms with E-state index >= 15 is 0 Å². The Morgan fingerprint density at radius 2 is 1.81 bits per heavy atom. The fourth-order valence-electron chi connectivity index (χ4n) is 4.09. The zero-order valence-corrected chi connectivity index (χ0v) is 16.8. The van der Waals surface area contributed by atoms with Crippen LogP contribution in [0, 0.1) is 0 Å². The van der Waals surface area contributed by atoms with E-state index in [1.54, 1.807) is 11.8 Å². The van der Waals surface area contributed by atoms with Crippen LogP contribution in [0.2, 0.25) is 0 Å². The van der Waals surface area contributed by atoms with Crippen molar-refractivity contribution in [3.8, 4) is 0 Å². The Balaban J connectivity index is 1.41. The lowest BCUT2D eigenvalue weighted by atomic mass is 10.1. The maximum absolute atomic E-state index is 12.9. The molecule has 0 saturated heterocycles. The smallest absolute Gasteiger partial charge is 0.233 e. The van der Waals surface area contributed by atoms with Crippen molar-refractivity contribution < 1.29 is 4.79 Å². The van der Waals surface area contributed by atoms with Crippen molar-refractivity contribution >= 4 is 17.7 Å². The number of aromatic nitrogens is 3. The van der Waals surface area contributed by atoms with E-state index in [1.165, 1.54) is 44.1 Å². The third-order valence-corrected chi connectivity index (χ3v) is 6.54. The monoisotopic (exact) mass is 384 g/mol. The van der Waals surface area contributed by atoms with Gasteiger partial charge in [-0.3, -0.25) is 4.79 Å². The van der Waals surface area contributed by atoms with Crippen LogP contribution in [0.15, 0.2) is 35.5 Å². The molecule has 1 amide bonds. The molecule has 6 heteroatoms. The molecule has 2 aliphatic rings. The predicted octanol–water partition coefficient (Wildman–Crippen LogP) is 3.91. The number of amides is 1. The first-order valence-corrected chi connectivity index (χ1v) is 11.1. The molecule has 2 aromatic rings. The van der Waals surface area contributed by atoms with Gasteiger partial charge in [-0.2, -0.15) is 0 Å². The third-order valence-electron chi connectivity index (χ3n) is 5.59. The first-order chi connectivity index (χ1) is 13.3. The highest BCUT2D eigenvalue weighted by Gasteiger charge is 2.38. The fraction of sp³-hybridized carbons (Fsp3) is 0.571. The van der Waals surface area contributed by atoms with Crippen LogP contribution in [-0.4, -0.2) is 43.4 Å². The van der Waals surface area contributed by atoms with Gasteiger partial charge >= 0.3 is 0 Å². The molecule has 0 atom stereocenters. The van der Waals surface area contributed by atoms with E-state index < -0.39 is 0 Å². The first kappa shape index (κ1) is 18.5. The highest BCUT2D eigenvalue weighted by Crippen LogP contribution is 2.35. The topological polar surface area (TPSA) is 51.0 Å². The van der Waals surface area contributed by atoms with Crippen LogP contribution >= 0.6 is 11.8 Å². The Hall–Kier alpha value is -1.82. The lowest BCUT2D eigenvalue weighted by Gasteiger charge is -2.29. The molecule has 1 aromatic heterocycles. The molecule has 2 fully saturated rings. The van der Waals surface area contributed by atoms with Crippen LogP contribution in [0.3, 0.4) is 0 Å². The molecule has 144 valence electrons. The predicted molar refractivity (Wildman–Crippen MR) is 108 cm³/mol. The largest absolute Gasteiger partial charge is 0.336 e. The van der Waals surface area contributed by atoms with E-state index in [0.717, 1.165) is 23.9 Å². The summed E-state index contributed by atoms with van der Waals surface area (Å²) in [6.07, 6.45) is 8.02. The van der Waals surface area contributed by atoms with Crippen molar-refractivity contribution in [3.05, 3.63) is 41.7 Å². The summed E-state index contributed by atoms with van der Waals surface area (Å²) in [6, 6.07) is 11.3. The van der Waals surface area contributed by atoms with Crippen molar-refractivity contribution in [2.45, 2.75) is 75.7 Å². The van der Waals surface area contributed by atoms with Crippen molar-refractivity contribution in [2.24, 2.45) is 0 Å². The minimum absolute atomic E-state index is 0.282. The van der Waals surface area contributed by atoms with Crippen molar-refractivity contribution in [3.63, 3.8) is 0 Å². The highest BCUT2D eigenvalue weighted by atomic mass is 32.2. The SMILES string of the molecule is CCn1c(Cc2ccccc2)nnc1SCC(=O)N(C1CCCC1)C1CC1. The average molecular weight is 385 g/mol. The number of nitrogens with zero attached hydrogens (tertiary/aromatic N) is 4. The lowest BCUT2D eigenvalue weighted by Crippen LogP contribution is -2.41. The van der Waals surface area contributed by atoms with Gasteiger partial charge in [-0.05, 0) is 38.2 Å². The number of hydrogen-bond donors (Lipinski definition) is 0. The second kappa shape index (κ2) is 8.46. The van der Waals surface area contributed by atoms with Gasteiger partial charge in [0.15, 0.2) is 5.16 Å². The minimum atomic E-state index is 0.282. The van der Waals surface area contributed by atoms with Gasteiger partial charge in [0.1, 0.15) is 5.82 Å². The summed E-state index contributed by atoms with van der Waals surface area (Å²) in [6.45, 7) is 2.93. The molecular weight excluding hydrogens is 356 g/mol. The first-order valence-electron chi connectivity index (χ1n) is 10.2. The van der Waals surface area contributed by atoms with Gasteiger partial charge in [0.25, 0.3) is 0 Å². The van der Waals surface area contributed by atoms with Crippen LogP contribution in [0.25, 0.3) is 0 Å². The molecule has 2 aliphatic carbocycles. The quantitative estimate of drug-likeness (QED) is 0.648. The molecule has 2 saturated carbocycles. The standard InChI is InChI=1S/C21H28N4OS/c1-2-24-19(14-16-8-4-3-5-9-16)22-23-21(24)27-15-20(26)25(18-12-13-18)17-10-6-7-11-17/h3-5,8-9,17-18H,2,6-7,10-15H2,1H3. The van der Waals surface area contributed by atoms with E-state index in [0.29, 0.717) is 17.8 Å². The van der Waals surface area contributed by atoms with Crippen LogP contribution in [0.1, 0.15) is 56.8 Å². The number of carbonyl (C=O) groups is 1. The number of benzene rings is 1. The summed E-state index contributed by atoms with van der Waals surface area (Å²) < 4.78 is 2.14. The Morgan fingerprint density at radius 3 is 2.48 bits per heavy atom. The molecule has 4 rings (SSSR count). The van der Waals surface area contributed by atoms with Gasteiger partial charge in [0.2, 0.25) is 5.91 Å². The van der Waals surface area contributed by atoms with Gasteiger partial charge in [0, 0.05) is 25.0 Å². The maximum Gasteiger partial charge on any atom is 0.233 e. The summed E-state index contributed by atoms with van der Waals surface area (Å²) in [4.78, 5) is 15.1. The third kappa shape index (κ3) is 4.37. The molecule has 0 aliphatic heterocycles. The average Bonchev–Trinajstić information content (AvgIpc) is 3.22. The molecule has 1 aromatic carbocycles. The van der Waals surface area contributed by atoms with E-state index in [9.17, 15) is 4.79 Å². The second-order valence-electron chi connectivity index (χ2n) is 7.56. The molecule has 27 heavy (non-hydrogen) atoms. The van der Waals surface area contributed by atoms with Crippen LogP contribution in [-0.2, 0) is 17.8 Å². The van der Waals surface area contributed by atoms with Gasteiger partial charge < -0.3 is 9.47 Å². The molecule has 0 N–H and O–H groups in total. The Kier molecular flexibility index (Phi) is 5.81. The van der Waals surface area contributed by atoms with Gasteiger partial charge in [-0.1, -0.05) is 54.9 Å². The molecule has 0 unspecified atom stereocenters. The van der Waals surface area contributed by atoms with E-state index in [2.05, 4.69) is 38.7 Å². The zero-order chi connectivity index (χ0) is 18.6.